The summed E-state index contributed by atoms with van der Waals surface area (Å²) in [5.74, 6) is -0.0694. The van der Waals surface area contributed by atoms with Gasteiger partial charge in [0.05, 0.1) is 12.6 Å². The van der Waals surface area contributed by atoms with E-state index in [0.717, 1.165) is 0 Å². The maximum Gasteiger partial charge on any atom is 0.152 e. The molecule has 1 atom stereocenters. The van der Waals surface area contributed by atoms with Gasteiger partial charge < -0.3 is 10.8 Å². The molecule has 66 valence electrons. The van der Waals surface area contributed by atoms with Crippen molar-refractivity contribution in [1.82, 2.24) is 0 Å². The molecule has 0 aliphatic carbocycles. The van der Waals surface area contributed by atoms with Crippen LogP contribution in [-0.2, 0) is 4.79 Å². The Labute approximate surface area is 67.6 Å². The Bertz CT molecular complexity index is 138. The van der Waals surface area contributed by atoms with E-state index in [0.29, 0.717) is 6.42 Å². The smallest absolute Gasteiger partial charge is 0.152 e. The summed E-state index contributed by atoms with van der Waals surface area (Å²) in [4.78, 5) is 11.1. The van der Waals surface area contributed by atoms with E-state index in [2.05, 4.69) is 0 Å². The van der Waals surface area contributed by atoms with Crippen LogP contribution >= 0.6 is 0 Å². The molecule has 0 heterocycles. The van der Waals surface area contributed by atoms with E-state index in [-0.39, 0.29) is 17.8 Å². The summed E-state index contributed by atoms with van der Waals surface area (Å²) in [6.45, 7) is 5.65. The minimum absolute atomic E-state index is 0.0378. The molecule has 0 fully saturated rings. The molecular formula is C8H17NO2. The van der Waals surface area contributed by atoms with Crippen LogP contribution in [0.3, 0.4) is 0 Å². The van der Waals surface area contributed by atoms with Crippen molar-refractivity contribution < 1.29 is 9.90 Å². The van der Waals surface area contributed by atoms with Gasteiger partial charge in [0.1, 0.15) is 0 Å². The third-order valence-corrected chi connectivity index (χ3v) is 1.31. The van der Waals surface area contributed by atoms with Crippen molar-refractivity contribution in [3.8, 4) is 0 Å². The number of nitrogens with two attached hydrogens (primary N) is 1. The van der Waals surface area contributed by atoms with Crippen molar-refractivity contribution >= 4 is 5.78 Å². The highest BCUT2D eigenvalue weighted by Crippen LogP contribution is 2.18. The Morgan fingerprint density at radius 1 is 1.55 bits per heavy atom. The zero-order valence-corrected chi connectivity index (χ0v) is 7.42. The Hall–Kier alpha value is -0.410. The third kappa shape index (κ3) is 4.93. The minimum Gasteiger partial charge on any atom is -0.394 e. The van der Waals surface area contributed by atoms with Crippen LogP contribution in [0.5, 0.6) is 0 Å². The number of Topliss-reactive ketones (excluding diaryl/α,β-unsaturated/α-hetero) is 1. The van der Waals surface area contributed by atoms with Gasteiger partial charge in [0.15, 0.2) is 5.78 Å². The molecule has 0 radical (unpaired) electrons. The second-order valence-corrected chi connectivity index (χ2v) is 3.99. The first-order valence-corrected chi connectivity index (χ1v) is 3.76. The van der Waals surface area contributed by atoms with E-state index >= 15 is 0 Å². The molecule has 11 heavy (non-hydrogen) atoms. The molecule has 0 amide bonds. The molecule has 0 aromatic heterocycles. The summed E-state index contributed by atoms with van der Waals surface area (Å²) < 4.78 is 0. The van der Waals surface area contributed by atoms with Gasteiger partial charge in [0.2, 0.25) is 0 Å². The van der Waals surface area contributed by atoms with Crippen LogP contribution in [0, 0.1) is 5.41 Å². The topological polar surface area (TPSA) is 63.3 Å². The van der Waals surface area contributed by atoms with E-state index < -0.39 is 6.04 Å². The van der Waals surface area contributed by atoms with Gasteiger partial charge in [0, 0.05) is 6.42 Å². The number of ketones is 1. The largest absolute Gasteiger partial charge is 0.394 e. The standard InChI is InChI=1S/C8H17NO2/c1-8(2,3)4-7(11)6(9)5-10/h6,10H,4-5,9H2,1-3H3/t6-/m0/s1. The van der Waals surface area contributed by atoms with Gasteiger partial charge in [-0.1, -0.05) is 20.8 Å². The molecule has 3 nitrogen and oxygen atoms in total. The average Bonchev–Trinajstić information content (AvgIpc) is 1.82. The van der Waals surface area contributed by atoms with Gasteiger partial charge in [-0.3, -0.25) is 4.79 Å². The molecule has 0 aliphatic heterocycles. The first-order valence-electron chi connectivity index (χ1n) is 3.76. The maximum atomic E-state index is 11.1. The van der Waals surface area contributed by atoms with E-state index in [1.54, 1.807) is 0 Å². The molecular weight excluding hydrogens is 142 g/mol. The normalized spacial score (nSPS) is 14.6. The lowest BCUT2D eigenvalue weighted by Crippen LogP contribution is -2.36. The van der Waals surface area contributed by atoms with Crippen LogP contribution in [0.1, 0.15) is 27.2 Å². The Morgan fingerprint density at radius 2 is 2.00 bits per heavy atom. The summed E-state index contributed by atoms with van der Waals surface area (Å²) in [6.07, 6.45) is 0.425. The predicted molar refractivity (Wildman–Crippen MR) is 44.1 cm³/mol. The molecule has 0 rings (SSSR count). The molecule has 0 saturated heterocycles. The van der Waals surface area contributed by atoms with Crippen LogP contribution < -0.4 is 5.73 Å². The van der Waals surface area contributed by atoms with E-state index in [1.807, 2.05) is 20.8 Å². The quantitative estimate of drug-likeness (QED) is 0.623. The van der Waals surface area contributed by atoms with Crippen LogP contribution in [0.2, 0.25) is 0 Å². The van der Waals surface area contributed by atoms with Gasteiger partial charge in [-0.15, -0.1) is 0 Å². The maximum absolute atomic E-state index is 11.1. The van der Waals surface area contributed by atoms with E-state index in [4.69, 9.17) is 10.8 Å². The Balaban J connectivity index is 3.88. The fourth-order valence-corrected chi connectivity index (χ4v) is 0.756. The highest BCUT2D eigenvalue weighted by Gasteiger charge is 2.20. The van der Waals surface area contributed by atoms with Gasteiger partial charge in [-0.25, -0.2) is 0 Å². The van der Waals surface area contributed by atoms with Crippen molar-refractivity contribution in [1.29, 1.82) is 0 Å². The second kappa shape index (κ2) is 3.83. The highest BCUT2D eigenvalue weighted by atomic mass is 16.3. The molecule has 3 heteroatoms. The molecule has 0 unspecified atom stereocenters. The SMILES string of the molecule is CC(C)(C)CC(=O)[C@@H](N)CO. The van der Waals surface area contributed by atoms with Gasteiger partial charge >= 0.3 is 0 Å². The number of rotatable bonds is 3. The third-order valence-electron chi connectivity index (χ3n) is 1.31. The van der Waals surface area contributed by atoms with E-state index in [9.17, 15) is 4.79 Å². The lowest BCUT2D eigenvalue weighted by molar-refractivity contribution is -0.122. The fourth-order valence-electron chi connectivity index (χ4n) is 0.756. The number of hydrogen-bond donors (Lipinski definition) is 2. The first-order chi connectivity index (χ1) is 4.87. The Kier molecular flexibility index (Phi) is 3.69. The zero-order chi connectivity index (χ0) is 9.07. The molecule has 0 aromatic rings. The summed E-state index contributed by atoms with van der Waals surface area (Å²) >= 11 is 0. The van der Waals surface area contributed by atoms with Crippen LogP contribution in [0.4, 0.5) is 0 Å². The van der Waals surface area contributed by atoms with Crippen LogP contribution in [0.25, 0.3) is 0 Å². The Morgan fingerprint density at radius 3 is 2.27 bits per heavy atom. The number of carbonyl (C=O) groups excluding carboxylic acids is 1. The van der Waals surface area contributed by atoms with Gasteiger partial charge in [0.25, 0.3) is 0 Å². The van der Waals surface area contributed by atoms with Gasteiger partial charge in [-0.05, 0) is 5.41 Å². The van der Waals surface area contributed by atoms with Crippen LogP contribution in [0.15, 0.2) is 0 Å². The predicted octanol–water partition coefficient (Wildman–Crippen LogP) is 0.311. The van der Waals surface area contributed by atoms with Crippen molar-refractivity contribution in [3.63, 3.8) is 0 Å². The van der Waals surface area contributed by atoms with Crippen molar-refractivity contribution in [2.75, 3.05) is 6.61 Å². The molecule has 0 spiro atoms. The van der Waals surface area contributed by atoms with Crippen molar-refractivity contribution in [3.05, 3.63) is 0 Å². The number of aliphatic hydroxyl groups is 1. The summed E-state index contributed by atoms with van der Waals surface area (Å²) in [5, 5.41) is 8.56. The summed E-state index contributed by atoms with van der Waals surface area (Å²) in [5.41, 5.74) is 5.29. The zero-order valence-electron chi connectivity index (χ0n) is 7.42. The lowest BCUT2D eigenvalue weighted by atomic mass is 9.88. The second-order valence-electron chi connectivity index (χ2n) is 3.99. The first kappa shape index (κ1) is 10.6. The average molecular weight is 159 g/mol. The number of carbonyl (C=O) groups is 1. The van der Waals surface area contributed by atoms with Crippen LogP contribution in [-0.4, -0.2) is 23.5 Å². The molecule has 0 aliphatic rings. The molecule has 3 N–H and O–H groups in total. The van der Waals surface area contributed by atoms with Crippen molar-refractivity contribution in [2.45, 2.75) is 33.2 Å². The molecule has 0 saturated carbocycles. The minimum atomic E-state index is -0.700. The summed E-state index contributed by atoms with van der Waals surface area (Å²) in [6, 6.07) is -0.700. The molecule has 0 bridgehead atoms. The lowest BCUT2D eigenvalue weighted by Gasteiger charge is -2.18. The monoisotopic (exact) mass is 159 g/mol. The summed E-state index contributed by atoms with van der Waals surface area (Å²) in [7, 11) is 0. The van der Waals surface area contributed by atoms with Gasteiger partial charge in [-0.2, -0.15) is 0 Å². The van der Waals surface area contributed by atoms with Crippen molar-refractivity contribution in [2.24, 2.45) is 11.1 Å². The van der Waals surface area contributed by atoms with E-state index in [1.165, 1.54) is 0 Å². The molecule has 0 aromatic carbocycles. The highest BCUT2D eigenvalue weighted by molar-refractivity contribution is 5.84. The number of aliphatic hydroxyl groups excluding tert-OH is 1. The fraction of sp³-hybridized carbons (Fsp3) is 0.875. The number of hydrogen-bond acceptors (Lipinski definition) is 3.